The first kappa shape index (κ1) is 12.1. The van der Waals surface area contributed by atoms with Gasteiger partial charge in [0.2, 0.25) is 0 Å². The van der Waals surface area contributed by atoms with Gasteiger partial charge in [0.15, 0.2) is 0 Å². The molecule has 1 aromatic carbocycles. The molecule has 2 rings (SSSR count). The SMILES string of the molecule is CC1CCC(CC(CBr)c2ccccc2)O1. The Balaban J connectivity index is 1.96. The Morgan fingerprint density at radius 3 is 2.62 bits per heavy atom. The van der Waals surface area contributed by atoms with E-state index in [2.05, 4.69) is 53.2 Å². The van der Waals surface area contributed by atoms with Crippen LogP contribution in [0.25, 0.3) is 0 Å². The first-order valence-corrected chi connectivity index (χ1v) is 7.18. The maximum Gasteiger partial charge on any atom is 0.0585 e. The number of hydrogen-bond acceptors (Lipinski definition) is 1. The van der Waals surface area contributed by atoms with Crippen molar-refractivity contribution in [1.29, 1.82) is 0 Å². The molecule has 1 fully saturated rings. The number of rotatable bonds is 4. The van der Waals surface area contributed by atoms with E-state index in [0.29, 0.717) is 18.1 Å². The number of ether oxygens (including phenoxy) is 1. The van der Waals surface area contributed by atoms with Gasteiger partial charge >= 0.3 is 0 Å². The predicted molar refractivity (Wildman–Crippen MR) is 71.2 cm³/mol. The maximum atomic E-state index is 5.89. The highest BCUT2D eigenvalue weighted by Gasteiger charge is 2.25. The molecule has 1 heterocycles. The van der Waals surface area contributed by atoms with Crippen LogP contribution in [0.15, 0.2) is 30.3 Å². The van der Waals surface area contributed by atoms with Gasteiger partial charge in [-0.05, 0) is 37.7 Å². The zero-order valence-corrected chi connectivity index (χ0v) is 11.3. The summed E-state index contributed by atoms with van der Waals surface area (Å²) in [7, 11) is 0. The summed E-state index contributed by atoms with van der Waals surface area (Å²) in [4.78, 5) is 0. The van der Waals surface area contributed by atoms with Gasteiger partial charge in [-0.1, -0.05) is 46.3 Å². The number of alkyl halides is 1. The van der Waals surface area contributed by atoms with E-state index in [1.54, 1.807) is 0 Å². The summed E-state index contributed by atoms with van der Waals surface area (Å²) < 4.78 is 5.89. The highest BCUT2D eigenvalue weighted by atomic mass is 79.9. The molecule has 0 radical (unpaired) electrons. The molecular weight excluding hydrogens is 264 g/mol. The molecule has 3 unspecified atom stereocenters. The molecule has 88 valence electrons. The number of benzene rings is 1. The van der Waals surface area contributed by atoms with Gasteiger partial charge < -0.3 is 4.74 Å². The smallest absolute Gasteiger partial charge is 0.0585 e. The van der Waals surface area contributed by atoms with Crippen LogP contribution in [0, 0.1) is 0 Å². The van der Waals surface area contributed by atoms with Gasteiger partial charge in [0, 0.05) is 5.33 Å². The van der Waals surface area contributed by atoms with Crippen molar-refractivity contribution in [2.45, 2.75) is 44.3 Å². The minimum Gasteiger partial charge on any atom is -0.375 e. The van der Waals surface area contributed by atoms with Crippen molar-refractivity contribution in [3.05, 3.63) is 35.9 Å². The Bertz CT molecular complexity index is 312. The Kier molecular flexibility index (Phi) is 4.42. The van der Waals surface area contributed by atoms with Gasteiger partial charge in [0.05, 0.1) is 12.2 Å². The minimum atomic E-state index is 0.455. The van der Waals surface area contributed by atoms with Crippen molar-refractivity contribution in [3.8, 4) is 0 Å². The van der Waals surface area contributed by atoms with Crippen LogP contribution >= 0.6 is 15.9 Å². The van der Waals surface area contributed by atoms with Gasteiger partial charge in [-0.3, -0.25) is 0 Å². The third-order valence-electron chi connectivity index (χ3n) is 3.32. The summed E-state index contributed by atoms with van der Waals surface area (Å²) in [5.74, 6) is 0.580. The second kappa shape index (κ2) is 5.83. The number of halogens is 1. The Morgan fingerprint density at radius 1 is 1.31 bits per heavy atom. The molecule has 1 saturated heterocycles. The molecule has 0 spiro atoms. The fraction of sp³-hybridized carbons (Fsp3) is 0.571. The summed E-state index contributed by atoms with van der Waals surface area (Å²) in [5.41, 5.74) is 1.42. The first-order valence-electron chi connectivity index (χ1n) is 6.06. The van der Waals surface area contributed by atoms with E-state index < -0.39 is 0 Å². The molecule has 16 heavy (non-hydrogen) atoms. The summed E-state index contributed by atoms with van der Waals surface area (Å²) in [5, 5.41) is 1.02. The van der Waals surface area contributed by atoms with Crippen LogP contribution in [0.2, 0.25) is 0 Å². The molecule has 0 saturated carbocycles. The molecule has 0 amide bonds. The van der Waals surface area contributed by atoms with Gasteiger partial charge in [0.25, 0.3) is 0 Å². The van der Waals surface area contributed by atoms with Crippen LogP contribution in [0.5, 0.6) is 0 Å². The minimum absolute atomic E-state index is 0.455. The average molecular weight is 283 g/mol. The summed E-state index contributed by atoms with van der Waals surface area (Å²) in [6, 6.07) is 10.7. The second-order valence-corrected chi connectivity index (χ2v) is 5.29. The van der Waals surface area contributed by atoms with Crippen molar-refractivity contribution < 1.29 is 4.74 Å². The Hall–Kier alpha value is -0.340. The highest BCUT2D eigenvalue weighted by Crippen LogP contribution is 2.30. The van der Waals surface area contributed by atoms with Crippen molar-refractivity contribution in [3.63, 3.8) is 0 Å². The second-order valence-electron chi connectivity index (χ2n) is 4.64. The third kappa shape index (κ3) is 3.08. The quantitative estimate of drug-likeness (QED) is 0.755. The molecule has 0 aliphatic carbocycles. The normalized spacial score (nSPS) is 26.9. The lowest BCUT2D eigenvalue weighted by atomic mass is 9.94. The van der Waals surface area contributed by atoms with E-state index in [0.717, 1.165) is 11.8 Å². The van der Waals surface area contributed by atoms with Crippen LogP contribution in [0.1, 0.15) is 37.7 Å². The van der Waals surface area contributed by atoms with Crippen LogP contribution in [0.4, 0.5) is 0 Å². The maximum absolute atomic E-state index is 5.89. The summed E-state index contributed by atoms with van der Waals surface area (Å²) in [6.07, 6.45) is 4.49. The summed E-state index contributed by atoms with van der Waals surface area (Å²) >= 11 is 3.62. The van der Waals surface area contributed by atoms with E-state index in [-0.39, 0.29) is 0 Å². The average Bonchev–Trinajstić information content (AvgIpc) is 2.73. The van der Waals surface area contributed by atoms with E-state index >= 15 is 0 Å². The topological polar surface area (TPSA) is 9.23 Å². The number of hydrogen-bond donors (Lipinski definition) is 0. The van der Waals surface area contributed by atoms with Crippen molar-refractivity contribution in [1.82, 2.24) is 0 Å². The van der Waals surface area contributed by atoms with Crippen molar-refractivity contribution in [2.24, 2.45) is 0 Å². The van der Waals surface area contributed by atoms with E-state index in [1.807, 2.05) is 0 Å². The molecular formula is C14H19BrO. The van der Waals surface area contributed by atoms with Gasteiger partial charge in [-0.2, -0.15) is 0 Å². The molecule has 1 aliphatic heterocycles. The molecule has 1 nitrogen and oxygen atoms in total. The molecule has 2 heteroatoms. The Labute approximate surface area is 106 Å². The molecule has 0 aromatic heterocycles. The zero-order valence-electron chi connectivity index (χ0n) is 9.73. The highest BCUT2D eigenvalue weighted by molar-refractivity contribution is 9.09. The lowest BCUT2D eigenvalue weighted by Crippen LogP contribution is -2.14. The van der Waals surface area contributed by atoms with E-state index in [4.69, 9.17) is 4.74 Å². The standard InChI is InChI=1S/C14H19BrO/c1-11-7-8-14(16-11)9-13(10-15)12-5-3-2-4-6-12/h2-6,11,13-14H,7-10H2,1H3. The molecule has 0 N–H and O–H groups in total. The predicted octanol–water partition coefficient (Wildman–Crippen LogP) is 4.12. The molecule has 0 bridgehead atoms. The fourth-order valence-corrected chi connectivity index (χ4v) is 3.03. The van der Waals surface area contributed by atoms with Crippen molar-refractivity contribution in [2.75, 3.05) is 5.33 Å². The van der Waals surface area contributed by atoms with Crippen LogP contribution in [0.3, 0.4) is 0 Å². The lowest BCUT2D eigenvalue weighted by Gasteiger charge is -2.19. The Morgan fingerprint density at radius 2 is 2.06 bits per heavy atom. The van der Waals surface area contributed by atoms with Crippen molar-refractivity contribution >= 4 is 15.9 Å². The monoisotopic (exact) mass is 282 g/mol. The van der Waals surface area contributed by atoms with E-state index in [9.17, 15) is 0 Å². The largest absolute Gasteiger partial charge is 0.375 e. The molecule has 1 aliphatic rings. The van der Waals surface area contributed by atoms with Crippen LogP contribution in [-0.4, -0.2) is 17.5 Å². The van der Waals surface area contributed by atoms with E-state index in [1.165, 1.54) is 18.4 Å². The van der Waals surface area contributed by atoms with Gasteiger partial charge in [0.1, 0.15) is 0 Å². The zero-order chi connectivity index (χ0) is 11.4. The summed E-state index contributed by atoms with van der Waals surface area (Å²) in [6.45, 7) is 2.17. The van der Waals surface area contributed by atoms with Gasteiger partial charge in [-0.25, -0.2) is 0 Å². The lowest BCUT2D eigenvalue weighted by molar-refractivity contribution is 0.0479. The van der Waals surface area contributed by atoms with Crippen LogP contribution < -0.4 is 0 Å². The first-order chi connectivity index (χ1) is 7.79. The van der Waals surface area contributed by atoms with Gasteiger partial charge in [-0.15, -0.1) is 0 Å². The molecule has 3 atom stereocenters. The molecule has 1 aromatic rings. The fourth-order valence-electron chi connectivity index (χ4n) is 2.39. The van der Waals surface area contributed by atoms with Crippen LogP contribution in [-0.2, 0) is 4.74 Å². The third-order valence-corrected chi connectivity index (χ3v) is 4.11.